The largest absolute Gasteiger partial charge is 0.361 e. The monoisotopic (exact) mass is 456 g/mol. The van der Waals surface area contributed by atoms with E-state index in [-0.39, 0.29) is 11.7 Å². The van der Waals surface area contributed by atoms with E-state index in [1.165, 1.54) is 28.5 Å². The molecule has 0 spiro atoms. The molecule has 0 bridgehead atoms. The number of aromatic nitrogens is 3. The average Bonchev–Trinajstić information content (AvgIpc) is 3.71. The first-order valence-electron chi connectivity index (χ1n) is 12.3. The fraction of sp³-hybridized carbons (Fsp3) is 0.481. The molecule has 176 valence electrons. The Kier molecular flexibility index (Phi) is 5.86. The fourth-order valence-electron chi connectivity index (χ4n) is 5.31. The number of rotatable bonds is 5. The van der Waals surface area contributed by atoms with Gasteiger partial charge < -0.3 is 9.74 Å². The summed E-state index contributed by atoms with van der Waals surface area (Å²) in [5, 5.41) is 0. The fourth-order valence-corrected chi connectivity index (χ4v) is 5.31. The standard InChI is InChI=1S/C27H32N6O/c1-6-22-16-32(26-25-23(31(5)27(34)30-26)13-14-24(28-4)29-25)17(2)15-33(22)18(3)19-7-9-20(10-8-19)21-11-12-21/h7-10,13-14,17-18,21-22H,6,11-12,15-16H2,1-3,5H3/t17-,18?,22+/m0/s1. The van der Waals surface area contributed by atoms with Gasteiger partial charge in [-0.05, 0) is 62.3 Å². The van der Waals surface area contributed by atoms with Gasteiger partial charge in [-0.2, -0.15) is 4.98 Å². The van der Waals surface area contributed by atoms with Crippen LogP contribution in [0.2, 0.25) is 0 Å². The minimum atomic E-state index is -0.299. The van der Waals surface area contributed by atoms with Crippen molar-refractivity contribution < 1.29 is 0 Å². The number of pyridine rings is 1. The van der Waals surface area contributed by atoms with Crippen molar-refractivity contribution in [1.29, 1.82) is 0 Å². The van der Waals surface area contributed by atoms with Crippen LogP contribution in [0.5, 0.6) is 0 Å². The molecule has 3 atom stereocenters. The summed E-state index contributed by atoms with van der Waals surface area (Å²) in [6, 6.07) is 13.4. The van der Waals surface area contributed by atoms with Crippen LogP contribution in [0.4, 0.5) is 11.6 Å². The first-order chi connectivity index (χ1) is 16.4. The van der Waals surface area contributed by atoms with Crippen LogP contribution in [0.15, 0.2) is 41.2 Å². The molecule has 1 aromatic carbocycles. The first-order valence-corrected chi connectivity index (χ1v) is 12.3. The van der Waals surface area contributed by atoms with E-state index in [4.69, 9.17) is 6.57 Å². The van der Waals surface area contributed by atoms with E-state index >= 15 is 0 Å². The van der Waals surface area contributed by atoms with Crippen molar-refractivity contribution >= 4 is 22.7 Å². The molecule has 1 aliphatic carbocycles. The van der Waals surface area contributed by atoms with Crippen LogP contribution in [0.3, 0.4) is 0 Å². The van der Waals surface area contributed by atoms with Gasteiger partial charge in [0.1, 0.15) is 0 Å². The van der Waals surface area contributed by atoms with Gasteiger partial charge in [0.15, 0.2) is 5.82 Å². The summed E-state index contributed by atoms with van der Waals surface area (Å²) in [5.74, 6) is 1.68. The highest BCUT2D eigenvalue weighted by molar-refractivity contribution is 5.87. The van der Waals surface area contributed by atoms with Crippen molar-refractivity contribution in [2.45, 2.75) is 64.1 Å². The molecule has 1 aliphatic heterocycles. The topological polar surface area (TPSA) is 58.6 Å². The summed E-state index contributed by atoms with van der Waals surface area (Å²) in [6.07, 6.45) is 3.64. The van der Waals surface area contributed by atoms with Crippen LogP contribution in [-0.4, -0.2) is 44.6 Å². The van der Waals surface area contributed by atoms with E-state index in [0.717, 1.165) is 25.4 Å². The second kappa shape index (κ2) is 8.84. The minimum absolute atomic E-state index is 0.150. The highest BCUT2D eigenvalue weighted by atomic mass is 16.1. The molecule has 7 nitrogen and oxygen atoms in total. The van der Waals surface area contributed by atoms with Gasteiger partial charge in [0.05, 0.1) is 5.52 Å². The van der Waals surface area contributed by atoms with Gasteiger partial charge >= 0.3 is 5.69 Å². The van der Waals surface area contributed by atoms with E-state index in [2.05, 4.69) is 69.6 Å². The minimum Gasteiger partial charge on any atom is -0.361 e. The second-order valence-corrected chi connectivity index (χ2v) is 9.80. The Labute approximate surface area is 200 Å². The average molecular weight is 457 g/mol. The molecule has 2 aromatic heterocycles. The van der Waals surface area contributed by atoms with Gasteiger partial charge in [0.2, 0.25) is 5.52 Å². The Morgan fingerprint density at radius 2 is 1.85 bits per heavy atom. The number of anilines is 1. The van der Waals surface area contributed by atoms with Gasteiger partial charge in [0.25, 0.3) is 5.82 Å². The molecule has 0 amide bonds. The molecule has 5 rings (SSSR count). The maximum atomic E-state index is 12.7. The number of nitrogens with zero attached hydrogens (tertiary/aromatic N) is 6. The van der Waals surface area contributed by atoms with Crippen molar-refractivity contribution in [2.75, 3.05) is 18.0 Å². The van der Waals surface area contributed by atoms with Gasteiger partial charge in [-0.1, -0.05) is 37.8 Å². The summed E-state index contributed by atoms with van der Waals surface area (Å²) in [4.78, 5) is 30.0. The van der Waals surface area contributed by atoms with Crippen LogP contribution >= 0.6 is 0 Å². The molecule has 0 radical (unpaired) electrons. The molecule has 1 saturated carbocycles. The molecule has 34 heavy (non-hydrogen) atoms. The summed E-state index contributed by atoms with van der Waals surface area (Å²) < 4.78 is 1.51. The third kappa shape index (κ3) is 3.97. The normalized spacial score (nSPS) is 22.0. The third-order valence-corrected chi connectivity index (χ3v) is 7.63. The van der Waals surface area contributed by atoms with Crippen LogP contribution < -0.4 is 10.6 Å². The zero-order valence-corrected chi connectivity index (χ0v) is 20.4. The maximum absolute atomic E-state index is 12.7. The summed E-state index contributed by atoms with van der Waals surface area (Å²) >= 11 is 0. The van der Waals surface area contributed by atoms with Gasteiger partial charge in [0, 0.05) is 38.3 Å². The zero-order valence-electron chi connectivity index (χ0n) is 20.4. The lowest BCUT2D eigenvalue weighted by Gasteiger charge is -2.48. The van der Waals surface area contributed by atoms with Crippen molar-refractivity contribution in [3.8, 4) is 0 Å². The smallest absolute Gasteiger partial charge is 0.350 e. The van der Waals surface area contributed by atoms with E-state index < -0.39 is 0 Å². The molecular weight excluding hydrogens is 424 g/mol. The Morgan fingerprint density at radius 1 is 1.12 bits per heavy atom. The molecule has 7 heteroatoms. The van der Waals surface area contributed by atoms with E-state index in [1.807, 2.05) is 0 Å². The van der Waals surface area contributed by atoms with Crippen LogP contribution in [-0.2, 0) is 7.05 Å². The van der Waals surface area contributed by atoms with Gasteiger partial charge in [-0.15, -0.1) is 4.98 Å². The van der Waals surface area contributed by atoms with Crippen LogP contribution in [0, 0.1) is 6.57 Å². The predicted octanol–water partition coefficient (Wildman–Crippen LogP) is 4.81. The van der Waals surface area contributed by atoms with E-state index in [1.54, 1.807) is 19.2 Å². The Morgan fingerprint density at radius 3 is 2.50 bits per heavy atom. The van der Waals surface area contributed by atoms with E-state index in [9.17, 15) is 4.79 Å². The second-order valence-electron chi connectivity index (χ2n) is 9.80. The summed E-state index contributed by atoms with van der Waals surface area (Å²) in [6.45, 7) is 15.7. The molecule has 2 aliphatic rings. The Bertz CT molecular complexity index is 1300. The molecule has 0 N–H and O–H groups in total. The highest BCUT2D eigenvalue weighted by Gasteiger charge is 2.36. The number of benzene rings is 1. The number of piperazine rings is 1. The lowest BCUT2D eigenvalue weighted by Crippen LogP contribution is -2.58. The molecule has 1 saturated heterocycles. The Hall–Kier alpha value is -3.24. The maximum Gasteiger partial charge on any atom is 0.350 e. The highest BCUT2D eigenvalue weighted by Crippen LogP contribution is 2.40. The number of hydrogen-bond donors (Lipinski definition) is 0. The van der Waals surface area contributed by atoms with Crippen molar-refractivity contribution in [3.63, 3.8) is 0 Å². The summed E-state index contributed by atoms with van der Waals surface area (Å²) in [7, 11) is 1.70. The van der Waals surface area contributed by atoms with Crippen LogP contribution in [0.25, 0.3) is 15.9 Å². The molecule has 3 heterocycles. The lowest BCUT2D eigenvalue weighted by atomic mass is 9.97. The number of aryl methyl sites for hydroxylation is 1. The molecule has 2 fully saturated rings. The zero-order chi connectivity index (χ0) is 24.0. The number of hydrogen-bond acceptors (Lipinski definition) is 5. The lowest BCUT2D eigenvalue weighted by molar-refractivity contribution is 0.106. The van der Waals surface area contributed by atoms with Crippen molar-refractivity contribution in [3.05, 3.63) is 69.4 Å². The van der Waals surface area contributed by atoms with Crippen LogP contribution in [0.1, 0.15) is 63.1 Å². The van der Waals surface area contributed by atoms with Gasteiger partial charge in [-0.25, -0.2) is 4.79 Å². The Balaban J connectivity index is 1.46. The van der Waals surface area contributed by atoms with Crippen molar-refractivity contribution in [1.82, 2.24) is 19.4 Å². The quantitative estimate of drug-likeness (QED) is 0.516. The molecule has 3 aromatic rings. The molecular formula is C27H32N6O. The SMILES string of the molecule is [C-]#[N+]c1ccc2c(n1)c(N1C[C@@H](CC)N(C(C)c3ccc(C4CC4)cc3)C[C@@H]1C)nc(=O)n2C. The van der Waals surface area contributed by atoms with Gasteiger partial charge in [-0.3, -0.25) is 9.47 Å². The molecule has 1 unspecified atom stereocenters. The first kappa shape index (κ1) is 22.5. The third-order valence-electron chi connectivity index (χ3n) is 7.63. The van der Waals surface area contributed by atoms with E-state index in [0.29, 0.717) is 34.8 Å². The predicted molar refractivity (Wildman–Crippen MR) is 135 cm³/mol. The summed E-state index contributed by atoms with van der Waals surface area (Å²) in [5.41, 5.74) is 3.84. The number of fused-ring (bicyclic) bond motifs is 1. The van der Waals surface area contributed by atoms with Crippen molar-refractivity contribution in [2.24, 2.45) is 7.05 Å².